The second kappa shape index (κ2) is 13.8. The Hall–Kier alpha value is -2.36. The Kier molecular flexibility index (Phi) is 11.7. The first-order valence-corrected chi connectivity index (χ1v) is 9.82. The van der Waals surface area contributed by atoms with Crippen LogP contribution in [0, 0.1) is 0 Å². The number of nitrogens with one attached hydrogen (secondary N) is 1. The van der Waals surface area contributed by atoms with Crippen LogP contribution in [0.5, 0.6) is 11.5 Å². The molecule has 0 bridgehead atoms. The van der Waals surface area contributed by atoms with Gasteiger partial charge in [-0.1, -0.05) is 6.92 Å². The smallest absolute Gasteiger partial charge is 0.414 e. The van der Waals surface area contributed by atoms with Gasteiger partial charge in [0.15, 0.2) is 0 Å². The minimum absolute atomic E-state index is 0.295. The molecule has 1 aromatic carbocycles. The zero-order valence-electron chi connectivity index (χ0n) is 17.0. The van der Waals surface area contributed by atoms with E-state index in [0.29, 0.717) is 25.8 Å². The van der Waals surface area contributed by atoms with Crippen molar-refractivity contribution in [1.82, 2.24) is 10.2 Å². The molecule has 0 aromatic heterocycles. The fraction of sp³-hybridized carbons (Fsp3) is 0.600. The van der Waals surface area contributed by atoms with Gasteiger partial charge in [-0.15, -0.1) is 0 Å². The molecule has 29 heavy (non-hydrogen) atoms. The fourth-order valence-electron chi connectivity index (χ4n) is 3.01. The molecule has 2 atom stereocenters. The number of rotatable bonds is 10. The quantitative estimate of drug-likeness (QED) is 0.417. The maximum atomic E-state index is 10.0. The maximum Gasteiger partial charge on any atom is 0.414 e. The van der Waals surface area contributed by atoms with Crippen LogP contribution in [-0.2, 0) is 9.59 Å². The predicted octanol–water partition coefficient (Wildman–Crippen LogP) is 1.05. The minimum atomic E-state index is -1.82. The Morgan fingerprint density at radius 3 is 2.24 bits per heavy atom. The molecule has 1 saturated heterocycles. The van der Waals surface area contributed by atoms with Gasteiger partial charge in [0.05, 0.1) is 6.61 Å². The summed E-state index contributed by atoms with van der Waals surface area (Å²) in [4.78, 5) is 20.7. The Balaban J connectivity index is 0.000000612. The first kappa shape index (κ1) is 24.7. The van der Waals surface area contributed by atoms with Crippen molar-refractivity contribution < 1.29 is 34.4 Å². The lowest BCUT2D eigenvalue weighted by atomic mass is 10.2. The third-order valence-electron chi connectivity index (χ3n) is 4.43. The molecule has 0 aliphatic carbocycles. The molecule has 4 N–H and O–H groups in total. The summed E-state index contributed by atoms with van der Waals surface area (Å²) in [7, 11) is 0. The third kappa shape index (κ3) is 10.1. The van der Waals surface area contributed by atoms with Gasteiger partial charge in [-0.25, -0.2) is 9.59 Å². The van der Waals surface area contributed by atoms with Crippen molar-refractivity contribution in [3.8, 4) is 11.5 Å². The van der Waals surface area contributed by atoms with E-state index in [9.17, 15) is 5.11 Å². The summed E-state index contributed by atoms with van der Waals surface area (Å²) in [5, 5.41) is 28.2. The Bertz CT molecular complexity index is 597. The number of benzene rings is 1. The summed E-state index contributed by atoms with van der Waals surface area (Å²) in [6, 6.07) is 8.09. The van der Waals surface area contributed by atoms with Crippen LogP contribution in [0.25, 0.3) is 0 Å². The SMILES string of the molecule is CCOc1ccc(OCC(O)CNCC2CCCN2CC)cc1.O=C(O)C(=O)O. The molecule has 1 aliphatic heterocycles. The van der Waals surface area contributed by atoms with Crippen molar-refractivity contribution in [2.45, 2.75) is 38.8 Å². The zero-order chi connectivity index (χ0) is 21.6. The largest absolute Gasteiger partial charge is 0.494 e. The molecular formula is C20H32N2O7. The topological polar surface area (TPSA) is 129 Å². The number of aliphatic hydroxyl groups excluding tert-OH is 1. The van der Waals surface area contributed by atoms with E-state index in [-0.39, 0.29) is 0 Å². The van der Waals surface area contributed by atoms with Crippen molar-refractivity contribution in [2.75, 3.05) is 39.4 Å². The average Bonchev–Trinajstić information content (AvgIpc) is 3.15. The lowest BCUT2D eigenvalue weighted by Gasteiger charge is -2.23. The number of carboxylic acids is 2. The molecule has 0 radical (unpaired) electrons. The van der Waals surface area contributed by atoms with E-state index in [1.807, 2.05) is 31.2 Å². The van der Waals surface area contributed by atoms with Gasteiger partial charge in [0.2, 0.25) is 0 Å². The normalized spacial score (nSPS) is 17.1. The van der Waals surface area contributed by atoms with E-state index >= 15 is 0 Å². The summed E-state index contributed by atoms with van der Waals surface area (Å²) < 4.78 is 11.0. The van der Waals surface area contributed by atoms with Crippen LogP contribution >= 0.6 is 0 Å². The van der Waals surface area contributed by atoms with Crippen LogP contribution in [0.15, 0.2) is 24.3 Å². The van der Waals surface area contributed by atoms with Crippen molar-refractivity contribution in [3.05, 3.63) is 24.3 Å². The molecule has 0 saturated carbocycles. The van der Waals surface area contributed by atoms with E-state index in [1.165, 1.54) is 19.4 Å². The number of likely N-dealkylation sites (N-methyl/N-ethyl adjacent to an activating group) is 1. The number of nitrogens with zero attached hydrogens (tertiary/aromatic N) is 1. The van der Waals surface area contributed by atoms with Gasteiger partial charge in [0, 0.05) is 19.1 Å². The first-order chi connectivity index (χ1) is 13.9. The third-order valence-corrected chi connectivity index (χ3v) is 4.43. The molecule has 1 heterocycles. The molecule has 2 rings (SSSR count). The molecule has 1 aliphatic rings. The highest BCUT2D eigenvalue weighted by atomic mass is 16.5. The van der Waals surface area contributed by atoms with Gasteiger partial charge in [-0.3, -0.25) is 4.90 Å². The van der Waals surface area contributed by atoms with Crippen LogP contribution in [0.2, 0.25) is 0 Å². The van der Waals surface area contributed by atoms with Crippen LogP contribution in [0.1, 0.15) is 26.7 Å². The second-order valence-corrected chi connectivity index (χ2v) is 6.56. The Morgan fingerprint density at radius 2 is 1.72 bits per heavy atom. The first-order valence-electron chi connectivity index (χ1n) is 9.82. The van der Waals surface area contributed by atoms with Crippen LogP contribution in [0.3, 0.4) is 0 Å². The van der Waals surface area contributed by atoms with Crippen molar-refractivity contribution in [3.63, 3.8) is 0 Å². The molecule has 0 spiro atoms. The standard InChI is InChI=1S/C18H30N2O3.C2H2O4/c1-3-20-11-5-6-15(20)12-19-13-16(21)14-23-18-9-7-17(8-10-18)22-4-2;3-1(4)2(5)6/h7-10,15-16,19,21H,3-6,11-14H2,1-2H3;(H,3,4)(H,5,6). The second-order valence-electron chi connectivity index (χ2n) is 6.56. The summed E-state index contributed by atoms with van der Waals surface area (Å²) in [6.45, 7) is 8.92. The lowest BCUT2D eigenvalue weighted by molar-refractivity contribution is -0.159. The molecule has 1 aromatic rings. The monoisotopic (exact) mass is 412 g/mol. The van der Waals surface area contributed by atoms with E-state index in [2.05, 4.69) is 17.1 Å². The summed E-state index contributed by atoms with van der Waals surface area (Å²) in [6.07, 6.45) is 2.03. The van der Waals surface area contributed by atoms with Gasteiger partial charge in [0.25, 0.3) is 0 Å². The molecular weight excluding hydrogens is 380 g/mol. The number of aliphatic hydroxyl groups is 1. The summed E-state index contributed by atoms with van der Waals surface area (Å²) >= 11 is 0. The van der Waals surface area contributed by atoms with E-state index in [4.69, 9.17) is 29.3 Å². The number of aliphatic carboxylic acids is 2. The van der Waals surface area contributed by atoms with E-state index < -0.39 is 18.0 Å². The highest BCUT2D eigenvalue weighted by Gasteiger charge is 2.22. The Morgan fingerprint density at radius 1 is 1.14 bits per heavy atom. The van der Waals surface area contributed by atoms with Crippen LogP contribution in [0.4, 0.5) is 0 Å². The number of hydrogen-bond acceptors (Lipinski definition) is 7. The number of ether oxygens (including phenoxy) is 2. The fourth-order valence-corrected chi connectivity index (χ4v) is 3.01. The van der Waals surface area contributed by atoms with E-state index in [1.54, 1.807) is 0 Å². The average molecular weight is 412 g/mol. The summed E-state index contributed by atoms with van der Waals surface area (Å²) in [5.74, 6) is -2.07. The van der Waals surface area contributed by atoms with Gasteiger partial charge in [0.1, 0.15) is 24.2 Å². The minimum Gasteiger partial charge on any atom is -0.494 e. The molecule has 0 amide bonds. The van der Waals surface area contributed by atoms with Crippen molar-refractivity contribution >= 4 is 11.9 Å². The van der Waals surface area contributed by atoms with Gasteiger partial charge in [-0.05, 0) is 57.1 Å². The van der Waals surface area contributed by atoms with Gasteiger partial charge < -0.3 is 30.1 Å². The van der Waals surface area contributed by atoms with Gasteiger partial charge >= 0.3 is 11.9 Å². The maximum absolute atomic E-state index is 10.0. The zero-order valence-corrected chi connectivity index (χ0v) is 17.0. The number of likely N-dealkylation sites (tertiary alicyclic amines) is 1. The van der Waals surface area contributed by atoms with E-state index in [0.717, 1.165) is 24.6 Å². The lowest BCUT2D eigenvalue weighted by Crippen LogP contribution is -2.41. The molecule has 2 unspecified atom stereocenters. The van der Waals surface area contributed by atoms with Crippen molar-refractivity contribution in [1.29, 1.82) is 0 Å². The molecule has 9 nitrogen and oxygen atoms in total. The predicted molar refractivity (Wildman–Crippen MR) is 108 cm³/mol. The summed E-state index contributed by atoms with van der Waals surface area (Å²) in [5.41, 5.74) is 0. The molecule has 164 valence electrons. The number of carbonyl (C=O) groups is 2. The molecule has 9 heteroatoms. The van der Waals surface area contributed by atoms with Crippen molar-refractivity contribution in [2.24, 2.45) is 0 Å². The number of carboxylic acid groups (broad SMARTS) is 2. The molecule has 1 fully saturated rings. The van der Waals surface area contributed by atoms with Gasteiger partial charge in [-0.2, -0.15) is 0 Å². The Labute approximate surface area is 171 Å². The van der Waals surface area contributed by atoms with Crippen LogP contribution < -0.4 is 14.8 Å². The highest BCUT2D eigenvalue weighted by Crippen LogP contribution is 2.18. The number of hydrogen-bond donors (Lipinski definition) is 4. The van der Waals surface area contributed by atoms with Crippen LogP contribution in [-0.4, -0.2) is 83.7 Å². The highest BCUT2D eigenvalue weighted by molar-refractivity contribution is 6.27.